The van der Waals surface area contributed by atoms with Crippen molar-refractivity contribution in [3.05, 3.63) is 23.8 Å². The monoisotopic (exact) mass is 361 g/mol. The first kappa shape index (κ1) is 18.7. The van der Waals surface area contributed by atoms with Crippen LogP contribution >= 0.6 is 0 Å². The third-order valence-electron chi connectivity index (χ3n) is 5.29. The Balaban J connectivity index is 1.59. The molecule has 0 spiro atoms. The minimum atomic E-state index is -0.757. The number of hydrogen-bond acceptors (Lipinski definition) is 4. The number of aliphatic carboxylic acids is 1. The molecule has 0 bridgehead atoms. The van der Waals surface area contributed by atoms with Crippen molar-refractivity contribution in [2.24, 2.45) is 11.8 Å². The number of carboxylic acids is 1. The second-order valence-corrected chi connectivity index (χ2v) is 7.32. The van der Waals surface area contributed by atoms with Gasteiger partial charge in [-0.15, -0.1) is 0 Å². The van der Waals surface area contributed by atoms with Gasteiger partial charge in [0.1, 0.15) is 12.4 Å². The van der Waals surface area contributed by atoms with Gasteiger partial charge in [-0.3, -0.25) is 9.59 Å². The molecule has 2 fully saturated rings. The Hall–Kier alpha value is -2.08. The Morgan fingerprint density at radius 2 is 1.92 bits per heavy atom. The van der Waals surface area contributed by atoms with Crippen LogP contribution in [0.5, 0.6) is 5.75 Å². The first-order chi connectivity index (χ1) is 12.5. The summed E-state index contributed by atoms with van der Waals surface area (Å²) in [5, 5.41) is 12.1. The summed E-state index contributed by atoms with van der Waals surface area (Å²) < 4.78 is 11.5. The molecule has 1 aliphatic heterocycles. The summed E-state index contributed by atoms with van der Waals surface area (Å²) in [6, 6.07) is 5.72. The van der Waals surface area contributed by atoms with E-state index in [1.54, 1.807) is 0 Å². The van der Waals surface area contributed by atoms with Gasteiger partial charge in [0, 0.05) is 12.5 Å². The smallest absolute Gasteiger partial charge is 0.306 e. The number of carbonyl (C=O) groups is 2. The summed E-state index contributed by atoms with van der Waals surface area (Å²) >= 11 is 0. The molecule has 1 aromatic rings. The average Bonchev–Trinajstić information content (AvgIpc) is 3.15. The molecule has 1 amide bonds. The summed E-state index contributed by atoms with van der Waals surface area (Å²) in [6.07, 6.45) is 4.52. The van der Waals surface area contributed by atoms with Gasteiger partial charge in [0.05, 0.1) is 17.7 Å². The van der Waals surface area contributed by atoms with E-state index in [-0.39, 0.29) is 23.8 Å². The van der Waals surface area contributed by atoms with Crippen LogP contribution in [0.3, 0.4) is 0 Å². The maximum atomic E-state index is 12.6. The van der Waals surface area contributed by atoms with Gasteiger partial charge in [0.2, 0.25) is 5.91 Å². The SMILES string of the molecule is Cc1ccc(NC(=O)C2CCC(C(=O)O)CC2)c(OCC2CCCO2)c1. The number of amides is 1. The van der Waals surface area contributed by atoms with Crippen LogP contribution in [-0.4, -0.2) is 36.3 Å². The van der Waals surface area contributed by atoms with Gasteiger partial charge in [0.25, 0.3) is 0 Å². The van der Waals surface area contributed by atoms with Gasteiger partial charge >= 0.3 is 5.97 Å². The zero-order valence-corrected chi connectivity index (χ0v) is 15.2. The largest absolute Gasteiger partial charge is 0.489 e. The van der Waals surface area contributed by atoms with Crippen molar-refractivity contribution in [2.45, 2.75) is 51.6 Å². The van der Waals surface area contributed by atoms with Crippen molar-refractivity contribution in [1.29, 1.82) is 0 Å². The lowest BCUT2D eigenvalue weighted by molar-refractivity contribution is -0.143. The van der Waals surface area contributed by atoms with Gasteiger partial charge in [-0.05, 0) is 63.1 Å². The van der Waals surface area contributed by atoms with Gasteiger partial charge in [-0.25, -0.2) is 0 Å². The van der Waals surface area contributed by atoms with Crippen LogP contribution in [0.2, 0.25) is 0 Å². The fourth-order valence-corrected chi connectivity index (χ4v) is 3.65. The zero-order valence-electron chi connectivity index (χ0n) is 15.2. The lowest BCUT2D eigenvalue weighted by atomic mass is 9.81. The molecular weight excluding hydrogens is 334 g/mol. The van der Waals surface area contributed by atoms with E-state index in [9.17, 15) is 9.59 Å². The van der Waals surface area contributed by atoms with E-state index in [4.69, 9.17) is 14.6 Å². The summed E-state index contributed by atoms with van der Waals surface area (Å²) in [4.78, 5) is 23.7. The third-order valence-corrected chi connectivity index (χ3v) is 5.29. The first-order valence-electron chi connectivity index (χ1n) is 9.41. The number of hydrogen-bond donors (Lipinski definition) is 2. The number of benzene rings is 1. The lowest BCUT2D eigenvalue weighted by Crippen LogP contribution is -2.29. The van der Waals surface area contributed by atoms with Gasteiger partial charge in [0.15, 0.2) is 0 Å². The molecule has 0 aromatic heterocycles. The minimum Gasteiger partial charge on any atom is -0.489 e. The maximum absolute atomic E-state index is 12.6. The number of rotatable bonds is 6. The molecule has 1 heterocycles. The van der Waals surface area contributed by atoms with Crippen molar-refractivity contribution in [3.63, 3.8) is 0 Å². The van der Waals surface area contributed by atoms with E-state index in [1.807, 2.05) is 25.1 Å². The molecule has 2 N–H and O–H groups in total. The van der Waals surface area contributed by atoms with Gasteiger partial charge in [-0.2, -0.15) is 0 Å². The van der Waals surface area contributed by atoms with E-state index in [2.05, 4.69) is 5.32 Å². The highest BCUT2D eigenvalue weighted by Gasteiger charge is 2.30. The fourth-order valence-electron chi connectivity index (χ4n) is 3.65. The van der Waals surface area contributed by atoms with Crippen molar-refractivity contribution < 1.29 is 24.2 Å². The van der Waals surface area contributed by atoms with Gasteiger partial charge < -0.3 is 19.9 Å². The van der Waals surface area contributed by atoms with E-state index in [0.717, 1.165) is 25.0 Å². The van der Waals surface area contributed by atoms with Crippen LogP contribution in [0.25, 0.3) is 0 Å². The molecule has 26 heavy (non-hydrogen) atoms. The van der Waals surface area contributed by atoms with Crippen molar-refractivity contribution in [2.75, 3.05) is 18.5 Å². The molecule has 1 aromatic carbocycles. The van der Waals surface area contributed by atoms with Crippen LogP contribution in [-0.2, 0) is 14.3 Å². The number of carboxylic acid groups (broad SMARTS) is 1. The predicted molar refractivity (Wildman–Crippen MR) is 97.4 cm³/mol. The predicted octanol–water partition coefficient (Wildman–Crippen LogP) is 3.38. The molecule has 3 rings (SSSR count). The molecule has 1 saturated carbocycles. The zero-order chi connectivity index (χ0) is 18.5. The van der Waals surface area contributed by atoms with Crippen LogP contribution in [0.15, 0.2) is 18.2 Å². The Morgan fingerprint density at radius 3 is 2.58 bits per heavy atom. The molecule has 0 radical (unpaired) electrons. The second kappa shape index (κ2) is 8.54. The topological polar surface area (TPSA) is 84.9 Å². The van der Waals surface area contributed by atoms with Gasteiger partial charge in [-0.1, -0.05) is 6.07 Å². The molecule has 6 heteroatoms. The third kappa shape index (κ3) is 4.75. The highest BCUT2D eigenvalue weighted by Crippen LogP contribution is 2.32. The number of nitrogens with one attached hydrogen (secondary N) is 1. The van der Waals surface area contributed by atoms with Crippen LogP contribution < -0.4 is 10.1 Å². The summed E-state index contributed by atoms with van der Waals surface area (Å²) in [5.41, 5.74) is 1.73. The molecular formula is C20H27NO5. The fraction of sp³-hybridized carbons (Fsp3) is 0.600. The molecule has 1 unspecified atom stereocenters. The normalized spacial score (nSPS) is 25.7. The highest BCUT2D eigenvalue weighted by molar-refractivity contribution is 5.94. The summed E-state index contributed by atoms with van der Waals surface area (Å²) in [6.45, 7) is 3.25. The Kier molecular flexibility index (Phi) is 6.14. The molecule has 2 aliphatic rings. The number of carbonyl (C=O) groups excluding carboxylic acids is 1. The molecule has 1 saturated heterocycles. The standard InChI is InChI=1S/C20H27NO5/c1-13-4-9-17(18(11-13)26-12-16-3-2-10-25-16)21-19(22)14-5-7-15(8-6-14)20(23)24/h4,9,11,14-16H,2-3,5-8,10,12H2,1H3,(H,21,22)(H,23,24). The quantitative estimate of drug-likeness (QED) is 0.811. The van der Waals surface area contributed by atoms with Crippen LogP contribution in [0, 0.1) is 18.8 Å². The molecule has 1 atom stereocenters. The second-order valence-electron chi connectivity index (χ2n) is 7.32. The first-order valence-corrected chi connectivity index (χ1v) is 9.41. The molecule has 1 aliphatic carbocycles. The number of aryl methyl sites for hydroxylation is 1. The summed E-state index contributed by atoms with van der Waals surface area (Å²) in [7, 11) is 0. The average molecular weight is 361 g/mol. The minimum absolute atomic E-state index is 0.0559. The lowest BCUT2D eigenvalue weighted by Gasteiger charge is -2.25. The van der Waals surface area contributed by atoms with Crippen LogP contribution in [0.1, 0.15) is 44.1 Å². The summed E-state index contributed by atoms with van der Waals surface area (Å²) in [5.74, 6) is -0.610. The molecule has 6 nitrogen and oxygen atoms in total. The highest BCUT2D eigenvalue weighted by atomic mass is 16.5. The van der Waals surface area contributed by atoms with Crippen molar-refractivity contribution >= 4 is 17.6 Å². The number of anilines is 1. The van der Waals surface area contributed by atoms with E-state index in [0.29, 0.717) is 43.7 Å². The Labute approximate surface area is 153 Å². The van der Waals surface area contributed by atoms with E-state index >= 15 is 0 Å². The van der Waals surface area contributed by atoms with Crippen LogP contribution in [0.4, 0.5) is 5.69 Å². The Morgan fingerprint density at radius 1 is 1.19 bits per heavy atom. The number of ether oxygens (including phenoxy) is 2. The Bertz CT molecular complexity index is 646. The van der Waals surface area contributed by atoms with E-state index < -0.39 is 5.97 Å². The maximum Gasteiger partial charge on any atom is 0.306 e. The molecule has 142 valence electrons. The van der Waals surface area contributed by atoms with Crippen molar-refractivity contribution in [1.82, 2.24) is 0 Å². The van der Waals surface area contributed by atoms with Crippen molar-refractivity contribution in [3.8, 4) is 5.75 Å². The van der Waals surface area contributed by atoms with E-state index in [1.165, 1.54) is 0 Å².